The first-order chi connectivity index (χ1) is 14.8. The van der Waals surface area contributed by atoms with Crippen LogP contribution in [0.3, 0.4) is 0 Å². The molecule has 0 aliphatic carbocycles. The first kappa shape index (κ1) is 21.1. The molecule has 0 spiro atoms. The fourth-order valence-electron chi connectivity index (χ4n) is 3.38. The molecule has 0 atom stereocenters. The number of hydrogen-bond donors (Lipinski definition) is 1. The van der Waals surface area contributed by atoms with Crippen LogP contribution in [-0.4, -0.2) is 19.2 Å². The average molecular weight is 450 g/mol. The summed E-state index contributed by atoms with van der Waals surface area (Å²) in [7, 11) is -3.93. The molecule has 6 heteroatoms. The second-order valence-corrected chi connectivity index (χ2v) is 9.77. The van der Waals surface area contributed by atoms with E-state index in [0.29, 0.717) is 16.1 Å². The Morgan fingerprint density at radius 1 is 0.968 bits per heavy atom. The molecule has 1 aromatic heterocycles. The van der Waals surface area contributed by atoms with Crippen LogP contribution in [-0.2, 0) is 15.6 Å². The highest BCUT2D eigenvalue weighted by atomic mass is 35.5. The number of sulfone groups is 1. The van der Waals surface area contributed by atoms with Crippen molar-refractivity contribution in [2.24, 2.45) is 0 Å². The van der Waals surface area contributed by atoms with Gasteiger partial charge in [-0.3, -0.25) is 4.79 Å². The predicted octanol–water partition coefficient (Wildman–Crippen LogP) is 5.97. The van der Waals surface area contributed by atoms with E-state index in [1.165, 1.54) is 18.2 Å². The lowest BCUT2D eigenvalue weighted by molar-refractivity contribution is 0.104. The molecule has 4 aromatic rings. The monoisotopic (exact) mass is 449 g/mol. The molecular formula is C25H20ClNO3S. The Bertz CT molecular complexity index is 1380. The molecule has 0 saturated heterocycles. The van der Waals surface area contributed by atoms with Gasteiger partial charge in [0.2, 0.25) is 5.78 Å². The number of rotatable bonds is 6. The van der Waals surface area contributed by atoms with Crippen LogP contribution < -0.4 is 0 Å². The standard InChI is InChI=1S/C25H20ClNO3S/c1-17-6-8-18(9-7-17)16-31(29,30)24(25(28)19-10-12-21(26)13-11-19)14-20-15-27-23-5-3-2-4-22(20)23/h2-15,27H,16H2,1H3/b24-14+. The zero-order valence-electron chi connectivity index (χ0n) is 16.8. The molecule has 1 heterocycles. The van der Waals surface area contributed by atoms with Crippen LogP contribution in [0.2, 0.25) is 5.02 Å². The van der Waals surface area contributed by atoms with Crippen LogP contribution in [0.4, 0.5) is 0 Å². The number of benzene rings is 3. The van der Waals surface area contributed by atoms with Crippen molar-refractivity contribution in [1.29, 1.82) is 0 Å². The molecule has 0 radical (unpaired) electrons. The highest BCUT2D eigenvalue weighted by Gasteiger charge is 2.27. The van der Waals surface area contributed by atoms with Crippen molar-refractivity contribution < 1.29 is 13.2 Å². The van der Waals surface area contributed by atoms with Crippen molar-refractivity contribution in [1.82, 2.24) is 4.98 Å². The van der Waals surface area contributed by atoms with Crippen LogP contribution in [0, 0.1) is 6.92 Å². The van der Waals surface area contributed by atoms with Gasteiger partial charge in [0.05, 0.1) is 5.75 Å². The number of fused-ring (bicyclic) bond motifs is 1. The van der Waals surface area contributed by atoms with E-state index in [1.807, 2.05) is 43.3 Å². The summed E-state index contributed by atoms with van der Waals surface area (Å²) in [4.78, 5) is 16.2. The minimum absolute atomic E-state index is 0.250. The summed E-state index contributed by atoms with van der Waals surface area (Å²) >= 11 is 5.94. The van der Waals surface area contributed by atoms with Gasteiger partial charge in [0.25, 0.3) is 0 Å². The van der Waals surface area contributed by atoms with Gasteiger partial charge < -0.3 is 4.98 Å². The van der Waals surface area contributed by atoms with Gasteiger partial charge in [0.15, 0.2) is 9.84 Å². The number of aryl methyl sites for hydroxylation is 1. The molecule has 0 aliphatic heterocycles. The van der Waals surface area contributed by atoms with E-state index in [9.17, 15) is 13.2 Å². The molecule has 156 valence electrons. The van der Waals surface area contributed by atoms with Gasteiger partial charge in [-0.2, -0.15) is 0 Å². The fourth-order valence-corrected chi connectivity index (χ4v) is 5.00. The van der Waals surface area contributed by atoms with E-state index in [4.69, 9.17) is 11.6 Å². The van der Waals surface area contributed by atoms with Crippen molar-refractivity contribution >= 4 is 44.2 Å². The topological polar surface area (TPSA) is 67.0 Å². The molecule has 4 nitrogen and oxygen atoms in total. The quantitative estimate of drug-likeness (QED) is 0.291. The maximum atomic E-state index is 13.4. The SMILES string of the molecule is Cc1ccc(CS(=O)(=O)/C(=C/c2c[nH]c3ccccc23)C(=O)c2ccc(Cl)cc2)cc1. The van der Waals surface area contributed by atoms with Gasteiger partial charge in [-0.15, -0.1) is 0 Å². The van der Waals surface area contributed by atoms with E-state index in [1.54, 1.807) is 30.5 Å². The number of carbonyl (C=O) groups excluding carboxylic acids is 1. The lowest BCUT2D eigenvalue weighted by atomic mass is 10.1. The van der Waals surface area contributed by atoms with Crippen molar-refractivity contribution in [2.45, 2.75) is 12.7 Å². The van der Waals surface area contributed by atoms with Crippen molar-refractivity contribution in [2.75, 3.05) is 0 Å². The Kier molecular flexibility index (Phi) is 5.81. The Balaban J connectivity index is 1.82. The molecule has 0 amide bonds. The van der Waals surface area contributed by atoms with Gasteiger partial charge in [-0.1, -0.05) is 59.6 Å². The third kappa shape index (κ3) is 4.63. The zero-order chi connectivity index (χ0) is 22.0. The van der Waals surface area contributed by atoms with Crippen LogP contribution in [0.1, 0.15) is 27.0 Å². The number of carbonyl (C=O) groups is 1. The number of Topliss-reactive ketones (excluding diaryl/α,β-unsaturated/α-hetero) is 1. The van der Waals surface area contributed by atoms with Gasteiger partial charge in [-0.25, -0.2) is 8.42 Å². The lowest BCUT2D eigenvalue weighted by Crippen LogP contribution is -2.16. The molecule has 0 fully saturated rings. The molecule has 3 aromatic carbocycles. The second kappa shape index (κ2) is 8.53. The van der Waals surface area contributed by atoms with Crippen molar-refractivity contribution in [3.63, 3.8) is 0 Å². The van der Waals surface area contributed by atoms with Gasteiger partial charge in [0.1, 0.15) is 4.91 Å². The van der Waals surface area contributed by atoms with Gasteiger partial charge >= 0.3 is 0 Å². The van der Waals surface area contributed by atoms with Crippen LogP contribution in [0.5, 0.6) is 0 Å². The summed E-state index contributed by atoms with van der Waals surface area (Å²) in [5.74, 6) is -0.824. The number of ketones is 1. The first-order valence-corrected chi connectivity index (χ1v) is 11.7. The Morgan fingerprint density at radius 2 is 1.65 bits per heavy atom. The largest absolute Gasteiger partial charge is 0.361 e. The maximum Gasteiger partial charge on any atom is 0.204 e. The molecule has 4 rings (SSSR count). The smallest absolute Gasteiger partial charge is 0.204 e. The van der Waals surface area contributed by atoms with E-state index >= 15 is 0 Å². The summed E-state index contributed by atoms with van der Waals surface area (Å²) < 4.78 is 26.8. The van der Waals surface area contributed by atoms with E-state index < -0.39 is 15.6 Å². The normalized spacial score (nSPS) is 12.3. The summed E-state index contributed by atoms with van der Waals surface area (Å²) in [6, 6.07) is 21.0. The molecule has 0 unspecified atom stereocenters. The highest BCUT2D eigenvalue weighted by Crippen LogP contribution is 2.26. The number of hydrogen-bond acceptors (Lipinski definition) is 3. The van der Waals surface area contributed by atoms with E-state index in [0.717, 1.165) is 16.5 Å². The van der Waals surface area contributed by atoms with Crippen molar-refractivity contribution in [3.05, 3.63) is 111 Å². The molecule has 1 N–H and O–H groups in total. The highest BCUT2D eigenvalue weighted by molar-refractivity contribution is 7.95. The fraction of sp³-hybridized carbons (Fsp3) is 0.0800. The number of H-pyrrole nitrogens is 1. The average Bonchev–Trinajstić information content (AvgIpc) is 3.16. The third-order valence-corrected chi connectivity index (χ3v) is 6.99. The zero-order valence-corrected chi connectivity index (χ0v) is 18.4. The summed E-state index contributed by atoms with van der Waals surface area (Å²) in [6.45, 7) is 1.94. The number of aromatic nitrogens is 1. The molecule has 0 bridgehead atoms. The van der Waals surface area contributed by atoms with E-state index in [2.05, 4.69) is 4.98 Å². The Labute approximate surface area is 186 Å². The Hall–Kier alpha value is -3.15. The Morgan fingerprint density at radius 3 is 2.35 bits per heavy atom. The third-order valence-electron chi connectivity index (χ3n) is 5.05. The van der Waals surface area contributed by atoms with Gasteiger partial charge in [0, 0.05) is 33.2 Å². The number of nitrogens with one attached hydrogen (secondary N) is 1. The molecule has 0 aliphatic rings. The summed E-state index contributed by atoms with van der Waals surface area (Å²) in [5, 5.41) is 1.32. The number of para-hydroxylation sites is 1. The molecular weight excluding hydrogens is 430 g/mol. The predicted molar refractivity (Wildman–Crippen MR) is 126 cm³/mol. The lowest BCUT2D eigenvalue weighted by Gasteiger charge is -2.10. The van der Waals surface area contributed by atoms with Crippen molar-refractivity contribution in [3.8, 4) is 0 Å². The van der Waals surface area contributed by atoms with Crippen LogP contribution in [0.25, 0.3) is 17.0 Å². The maximum absolute atomic E-state index is 13.4. The first-order valence-electron chi connectivity index (χ1n) is 9.70. The van der Waals surface area contributed by atoms with E-state index in [-0.39, 0.29) is 16.2 Å². The molecule has 0 saturated carbocycles. The minimum Gasteiger partial charge on any atom is -0.361 e. The summed E-state index contributed by atoms with van der Waals surface area (Å²) in [6.07, 6.45) is 3.17. The molecule has 31 heavy (non-hydrogen) atoms. The minimum atomic E-state index is -3.93. The second-order valence-electron chi connectivity index (χ2n) is 7.38. The summed E-state index contributed by atoms with van der Waals surface area (Å²) in [5.41, 5.74) is 3.43. The van der Waals surface area contributed by atoms with Crippen LogP contribution in [0.15, 0.2) is 83.9 Å². The number of halogens is 1. The van der Waals surface area contributed by atoms with Crippen LogP contribution >= 0.6 is 11.6 Å². The number of aromatic amines is 1. The van der Waals surface area contributed by atoms with Gasteiger partial charge in [-0.05, 0) is 48.9 Å². The number of allylic oxidation sites excluding steroid dienone is 1.